The number of amides is 1. The molecule has 2 aromatic heterocycles. The predicted molar refractivity (Wildman–Crippen MR) is 165 cm³/mol. The van der Waals surface area contributed by atoms with Crippen molar-refractivity contribution in [3.63, 3.8) is 0 Å². The molecule has 0 atom stereocenters. The van der Waals surface area contributed by atoms with E-state index in [0.29, 0.717) is 13.0 Å². The summed E-state index contributed by atoms with van der Waals surface area (Å²) in [5.41, 5.74) is -2.48. The van der Waals surface area contributed by atoms with E-state index in [0.717, 1.165) is 24.3 Å². The van der Waals surface area contributed by atoms with Gasteiger partial charge >= 0.3 is 6.18 Å². The van der Waals surface area contributed by atoms with Crippen molar-refractivity contribution in [1.29, 1.82) is 0 Å². The maximum atomic E-state index is 14.9. The normalized spacial score (nSPS) is 11.6. The SMILES string of the molecule is CCCOc1ncccc1Oc1cc(CC(=CC(=O)Nc2cc(Oc3cccnc3OCC)c(Cl)cc2F)C(F)(F)F)c(F)cc1Cl. The van der Waals surface area contributed by atoms with Gasteiger partial charge in [0.15, 0.2) is 11.5 Å². The molecule has 0 saturated carbocycles. The summed E-state index contributed by atoms with van der Waals surface area (Å²) in [6, 6.07) is 9.61. The molecule has 8 nitrogen and oxygen atoms in total. The first-order valence-corrected chi connectivity index (χ1v) is 14.7. The Bertz CT molecular complexity index is 1770. The number of hydrogen-bond acceptors (Lipinski definition) is 7. The number of benzene rings is 2. The Hall–Kier alpha value is -4.62. The van der Waals surface area contributed by atoms with Crippen LogP contribution < -0.4 is 24.3 Å². The Morgan fingerprint density at radius 1 is 0.851 bits per heavy atom. The van der Waals surface area contributed by atoms with Crippen molar-refractivity contribution in [2.45, 2.75) is 32.9 Å². The molecule has 0 spiro atoms. The van der Waals surface area contributed by atoms with Gasteiger partial charge in [-0.25, -0.2) is 18.7 Å². The zero-order valence-electron chi connectivity index (χ0n) is 24.8. The summed E-state index contributed by atoms with van der Waals surface area (Å²) in [6.45, 7) is 4.16. The monoisotopic (exact) mass is 697 g/mol. The molecule has 248 valence electrons. The van der Waals surface area contributed by atoms with Crippen molar-refractivity contribution in [3.8, 4) is 34.8 Å². The molecule has 0 unspecified atom stereocenters. The van der Waals surface area contributed by atoms with Crippen LogP contribution >= 0.6 is 23.2 Å². The molecule has 0 aliphatic heterocycles. The fourth-order valence-corrected chi connectivity index (χ4v) is 4.33. The van der Waals surface area contributed by atoms with Crippen LogP contribution in [0.4, 0.5) is 27.6 Å². The average molecular weight is 698 g/mol. The molecule has 0 aliphatic rings. The van der Waals surface area contributed by atoms with Crippen molar-refractivity contribution in [1.82, 2.24) is 9.97 Å². The summed E-state index contributed by atoms with van der Waals surface area (Å²) in [5, 5.41) is 1.61. The topological polar surface area (TPSA) is 91.8 Å². The lowest BCUT2D eigenvalue weighted by atomic mass is 10.0. The Labute approximate surface area is 276 Å². The number of alkyl halides is 3. The lowest BCUT2D eigenvalue weighted by molar-refractivity contribution is -0.113. The van der Waals surface area contributed by atoms with Gasteiger partial charge in [0.05, 0.1) is 28.9 Å². The summed E-state index contributed by atoms with van der Waals surface area (Å²) in [7, 11) is 0. The average Bonchev–Trinajstić information content (AvgIpc) is 3.01. The second-order valence-electron chi connectivity index (χ2n) is 9.57. The highest BCUT2D eigenvalue weighted by Crippen LogP contribution is 2.39. The fourth-order valence-electron chi connectivity index (χ4n) is 3.95. The van der Waals surface area contributed by atoms with Crippen LogP contribution in [0, 0.1) is 11.6 Å². The molecule has 1 N–H and O–H groups in total. The Morgan fingerprint density at radius 2 is 1.43 bits per heavy atom. The predicted octanol–water partition coefficient (Wildman–Crippen LogP) is 9.50. The van der Waals surface area contributed by atoms with Crippen LogP contribution in [0.15, 0.2) is 72.6 Å². The van der Waals surface area contributed by atoms with Gasteiger partial charge in [0, 0.05) is 36.5 Å². The fraction of sp³-hybridized carbons (Fsp3) is 0.219. The lowest BCUT2D eigenvalue weighted by Gasteiger charge is -2.16. The molecule has 0 radical (unpaired) electrons. The van der Waals surface area contributed by atoms with Crippen LogP contribution in [0.1, 0.15) is 25.8 Å². The minimum atomic E-state index is -5.09. The van der Waals surface area contributed by atoms with E-state index in [2.05, 4.69) is 9.97 Å². The van der Waals surface area contributed by atoms with Crippen LogP contribution in [0.2, 0.25) is 10.0 Å². The molecule has 4 aromatic rings. The van der Waals surface area contributed by atoms with Gasteiger partial charge in [-0.3, -0.25) is 4.79 Å². The largest absolute Gasteiger partial charge is 0.475 e. The van der Waals surface area contributed by atoms with E-state index in [4.69, 9.17) is 42.1 Å². The first-order valence-electron chi connectivity index (χ1n) is 14.0. The number of halogens is 7. The number of anilines is 1. The number of rotatable bonds is 13. The minimum Gasteiger partial charge on any atom is -0.475 e. The molecule has 15 heteroatoms. The van der Waals surface area contributed by atoms with Crippen LogP contribution in [0.3, 0.4) is 0 Å². The van der Waals surface area contributed by atoms with E-state index in [-0.39, 0.29) is 57.5 Å². The van der Waals surface area contributed by atoms with Gasteiger partial charge in [0.25, 0.3) is 11.8 Å². The Kier molecular flexibility index (Phi) is 11.8. The number of carbonyl (C=O) groups is 1. The maximum absolute atomic E-state index is 14.9. The van der Waals surface area contributed by atoms with E-state index in [1.807, 2.05) is 12.2 Å². The van der Waals surface area contributed by atoms with E-state index >= 15 is 0 Å². The highest BCUT2D eigenvalue weighted by Gasteiger charge is 2.35. The first kappa shape index (κ1) is 35.2. The molecule has 2 heterocycles. The number of aromatic nitrogens is 2. The van der Waals surface area contributed by atoms with E-state index in [1.165, 1.54) is 36.7 Å². The zero-order valence-corrected chi connectivity index (χ0v) is 26.3. The number of carbonyl (C=O) groups excluding carboxylic acids is 1. The van der Waals surface area contributed by atoms with Crippen molar-refractivity contribution < 1.29 is 45.7 Å². The van der Waals surface area contributed by atoms with Gasteiger partial charge in [0.2, 0.25) is 5.91 Å². The second-order valence-corrected chi connectivity index (χ2v) is 10.4. The van der Waals surface area contributed by atoms with Gasteiger partial charge in [-0.15, -0.1) is 0 Å². The molecule has 47 heavy (non-hydrogen) atoms. The summed E-state index contributed by atoms with van der Waals surface area (Å²) in [5.74, 6) is -3.42. The van der Waals surface area contributed by atoms with Crippen LogP contribution in [0.25, 0.3) is 0 Å². The molecule has 0 saturated heterocycles. The van der Waals surface area contributed by atoms with Crippen LogP contribution in [0.5, 0.6) is 34.8 Å². The molecule has 0 fully saturated rings. The van der Waals surface area contributed by atoms with Crippen LogP contribution in [-0.2, 0) is 11.2 Å². The highest BCUT2D eigenvalue weighted by atomic mass is 35.5. The molecular formula is C32H26Cl2F5N3O5. The third-order valence-electron chi connectivity index (χ3n) is 6.07. The van der Waals surface area contributed by atoms with E-state index in [9.17, 15) is 26.7 Å². The first-order chi connectivity index (χ1) is 22.4. The molecule has 1 amide bonds. The number of nitrogens with zero attached hydrogens (tertiary/aromatic N) is 2. The van der Waals surface area contributed by atoms with Crippen LogP contribution in [-0.4, -0.2) is 35.3 Å². The molecule has 0 bridgehead atoms. The number of nitrogens with one attached hydrogen (secondary N) is 1. The minimum absolute atomic E-state index is 0.0948. The zero-order chi connectivity index (χ0) is 34.1. The van der Waals surface area contributed by atoms with Gasteiger partial charge < -0.3 is 24.3 Å². The maximum Gasteiger partial charge on any atom is 0.413 e. The quantitative estimate of drug-likeness (QED) is 0.110. The number of ether oxygens (including phenoxy) is 4. The van der Waals surface area contributed by atoms with Gasteiger partial charge in [-0.2, -0.15) is 13.2 Å². The van der Waals surface area contributed by atoms with Gasteiger partial charge in [-0.05, 0) is 61.4 Å². The lowest BCUT2D eigenvalue weighted by Crippen LogP contribution is -2.19. The van der Waals surface area contributed by atoms with Crippen molar-refractivity contribution in [2.24, 2.45) is 0 Å². The number of pyridine rings is 2. The van der Waals surface area contributed by atoms with Crippen molar-refractivity contribution in [2.75, 3.05) is 18.5 Å². The molecular weight excluding hydrogens is 672 g/mol. The second kappa shape index (κ2) is 15.8. The van der Waals surface area contributed by atoms with E-state index in [1.54, 1.807) is 6.92 Å². The van der Waals surface area contributed by atoms with Gasteiger partial charge in [0.1, 0.15) is 23.1 Å². The Morgan fingerprint density at radius 3 is 2.00 bits per heavy atom. The van der Waals surface area contributed by atoms with Crippen molar-refractivity contribution in [3.05, 3.63) is 99.8 Å². The van der Waals surface area contributed by atoms with Crippen molar-refractivity contribution >= 4 is 34.8 Å². The van der Waals surface area contributed by atoms with E-state index < -0.39 is 47.0 Å². The number of allylic oxidation sites excluding steroid dienone is 1. The number of hydrogen-bond donors (Lipinski definition) is 1. The summed E-state index contributed by atoms with van der Waals surface area (Å²) >= 11 is 12.2. The summed E-state index contributed by atoms with van der Waals surface area (Å²) < 4.78 is 94.2. The molecule has 2 aromatic carbocycles. The Balaban J connectivity index is 1.59. The molecule has 0 aliphatic carbocycles. The third kappa shape index (κ3) is 9.46. The van der Waals surface area contributed by atoms with Gasteiger partial charge in [-0.1, -0.05) is 30.1 Å². The highest BCUT2D eigenvalue weighted by molar-refractivity contribution is 6.32. The molecule has 4 rings (SSSR count). The summed E-state index contributed by atoms with van der Waals surface area (Å²) in [4.78, 5) is 20.8. The summed E-state index contributed by atoms with van der Waals surface area (Å²) in [6.07, 6.45) is -2.43. The third-order valence-corrected chi connectivity index (χ3v) is 6.66. The smallest absolute Gasteiger partial charge is 0.413 e. The standard InChI is InChI=1S/C32H26Cl2F5N3O5/c1-3-11-45-31-26(8-6-10-41-31)46-27-13-18(22(35)15-20(27)33)12-19(32(37,38)39)14-29(43)42-24-17-28(21(34)16-23(24)36)47-25-7-5-9-40-30(25)44-4-2/h5-10,13-17H,3-4,11-12H2,1-2H3,(H,42,43).